The second kappa shape index (κ2) is 8.67. The Kier molecular flexibility index (Phi) is 6.58. The summed E-state index contributed by atoms with van der Waals surface area (Å²) in [5, 5.41) is 7.69. The number of aromatic nitrogens is 2. The summed E-state index contributed by atoms with van der Waals surface area (Å²) in [4.78, 5) is 23.5. The zero-order valence-corrected chi connectivity index (χ0v) is 15.3. The Morgan fingerprint density at radius 3 is 2.60 bits per heavy atom. The van der Waals surface area contributed by atoms with Crippen molar-refractivity contribution in [2.75, 3.05) is 11.9 Å². The lowest BCUT2D eigenvalue weighted by Crippen LogP contribution is -2.22. The first-order chi connectivity index (χ1) is 11.8. The van der Waals surface area contributed by atoms with E-state index in [9.17, 15) is 9.59 Å². The smallest absolute Gasteiger partial charge is 0.306 e. The Labute approximate surface area is 152 Å². The average molecular weight is 364 g/mol. The monoisotopic (exact) mass is 363 g/mol. The highest BCUT2D eigenvalue weighted by Crippen LogP contribution is 2.23. The molecule has 134 valence electrons. The minimum absolute atomic E-state index is 0.307. The number of benzene rings is 1. The van der Waals surface area contributed by atoms with Gasteiger partial charge in [-0.2, -0.15) is 5.10 Å². The molecule has 7 heteroatoms. The number of nitrogens with zero attached hydrogens (tertiary/aromatic N) is 2. The van der Waals surface area contributed by atoms with Crippen molar-refractivity contribution < 1.29 is 14.3 Å². The van der Waals surface area contributed by atoms with E-state index in [-0.39, 0.29) is 12.6 Å². The van der Waals surface area contributed by atoms with Crippen LogP contribution in [0.5, 0.6) is 0 Å². The van der Waals surface area contributed by atoms with Crippen LogP contribution in [0.4, 0.5) is 5.82 Å². The van der Waals surface area contributed by atoms with E-state index in [4.69, 9.17) is 16.3 Å². The minimum atomic E-state index is -0.399. The normalized spacial score (nSPS) is 10.8. The van der Waals surface area contributed by atoms with E-state index in [0.717, 1.165) is 12.0 Å². The van der Waals surface area contributed by atoms with Crippen LogP contribution >= 0.6 is 11.6 Å². The van der Waals surface area contributed by atoms with Gasteiger partial charge in [0, 0.05) is 30.1 Å². The van der Waals surface area contributed by atoms with Crippen molar-refractivity contribution in [2.45, 2.75) is 26.7 Å². The van der Waals surface area contributed by atoms with Gasteiger partial charge in [-0.25, -0.2) is 0 Å². The zero-order chi connectivity index (χ0) is 18.4. The SMILES string of the molecule is CC(C)CCC(=O)OCC(=O)Nc1cc(-c2ccc(Cl)cc2)nn1C. The lowest BCUT2D eigenvalue weighted by atomic mass is 10.1. The Bertz CT molecular complexity index is 739. The standard InChI is InChI=1S/C18H22ClN3O3/c1-12(2)4-9-18(24)25-11-17(23)20-16-10-15(21-22(16)3)13-5-7-14(19)8-6-13/h5-8,10,12H,4,9,11H2,1-3H3,(H,20,23). The van der Waals surface area contributed by atoms with Crippen LogP contribution in [-0.4, -0.2) is 28.3 Å². The van der Waals surface area contributed by atoms with Gasteiger partial charge in [-0.15, -0.1) is 0 Å². The number of amides is 1. The Morgan fingerprint density at radius 2 is 1.96 bits per heavy atom. The number of aryl methyl sites for hydroxylation is 1. The molecule has 0 atom stereocenters. The summed E-state index contributed by atoms with van der Waals surface area (Å²) < 4.78 is 6.53. The molecule has 0 aliphatic carbocycles. The third-order valence-corrected chi connectivity index (χ3v) is 3.83. The lowest BCUT2D eigenvalue weighted by Gasteiger charge is -2.07. The van der Waals surface area contributed by atoms with Crippen LogP contribution in [0, 0.1) is 5.92 Å². The van der Waals surface area contributed by atoms with Crippen molar-refractivity contribution in [1.82, 2.24) is 9.78 Å². The topological polar surface area (TPSA) is 73.2 Å². The van der Waals surface area contributed by atoms with Crippen LogP contribution in [0.25, 0.3) is 11.3 Å². The highest BCUT2D eigenvalue weighted by molar-refractivity contribution is 6.30. The molecule has 6 nitrogen and oxygen atoms in total. The molecule has 0 bridgehead atoms. The first kappa shape index (κ1) is 19.0. The van der Waals surface area contributed by atoms with E-state index < -0.39 is 5.91 Å². The molecule has 0 unspecified atom stereocenters. The van der Waals surface area contributed by atoms with E-state index in [1.807, 2.05) is 26.0 Å². The Balaban J connectivity index is 1.91. The van der Waals surface area contributed by atoms with Gasteiger partial charge in [0.1, 0.15) is 5.82 Å². The van der Waals surface area contributed by atoms with E-state index in [1.165, 1.54) is 0 Å². The number of esters is 1. The van der Waals surface area contributed by atoms with Crippen molar-refractivity contribution in [3.8, 4) is 11.3 Å². The molecule has 0 spiro atoms. The Hall–Kier alpha value is -2.34. The number of carbonyl (C=O) groups excluding carboxylic acids is 2. The molecule has 2 aromatic rings. The van der Waals surface area contributed by atoms with Crippen LogP contribution in [0.2, 0.25) is 5.02 Å². The van der Waals surface area contributed by atoms with Crippen LogP contribution in [-0.2, 0) is 21.4 Å². The van der Waals surface area contributed by atoms with Gasteiger partial charge in [0.2, 0.25) is 0 Å². The predicted molar refractivity (Wildman–Crippen MR) is 97.3 cm³/mol. The molecule has 1 aromatic carbocycles. The number of anilines is 1. The lowest BCUT2D eigenvalue weighted by molar-refractivity contribution is -0.147. The van der Waals surface area contributed by atoms with Crippen molar-refractivity contribution >= 4 is 29.3 Å². The number of ether oxygens (including phenoxy) is 1. The van der Waals surface area contributed by atoms with E-state index in [1.54, 1.807) is 29.9 Å². The summed E-state index contributed by atoms with van der Waals surface area (Å²) in [6, 6.07) is 9.02. The summed E-state index contributed by atoms with van der Waals surface area (Å²) in [5.41, 5.74) is 1.60. The number of hydrogen-bond donors (Lipinski definition) is 1. The maximum absolute atomic E-state index is 12.0. The molecule has 25 heavy (non-hydrogen) atoms. The molecule has 1 amide bonds. The molecule has 2 rings (SSSR count). The fourth-order valence-electron chi connectivity index (χ4n) is 2.15. The van der Waals surface area contributed by atoms with Crippen LogP contribution in [0.3, 0.4) is 0 Å². The third kappa shape index (κ3) is 5.90. The van der Waals surface area contributed by atoms with Gasteiger partial charge in [0.25, 0.3) is 5.91 Å². The quantitative estimate of drug-likeness (QED) is 0.762. The number of rotatable bonds is 7. The number of hydrogen-bond acceptors (Lipinski definition) is 4. The number of nitrogens with one attached hydrogen (secondary N) is 1. The fraction of sp³-hybridized carbons (Fsp3) is 0.389. The van der Waals surface area contributed by atoms with Crippen LogP contribution < -0.4 is 5.32 Å². The molecule has 0 aliphatic heterocycles. The largest absolute Gasteiger partial charge is 0.456 e. The van der Waals surface area contributed by atoms with Gasteiger partial charge < -0.3 is 10.1 Å². The molecule has 0 saturated heterocycles. The highest BCUT2D eigenvalue weighted by Gasteiger charge is 2.12. The number of carbonyl (C=O) groups is 2. The third-order valence-electron chi connectivity index (χ3n) is 3.58. The van der Waals surface area contributed by atoms with Gasteiger partial charge in [-0.3, -0.25) is 14.3 Å². The molecule has 0 aliphatic rings. The molecule has 0 fully saturated rings. The van der Waals surface area contributed by atoms with Gasteiger partial charge in [-0.1, -0.05) is 37.6 Å². The molecular formula is C18H22ClN3O3. The molecule has 1 aromatic heterocycles. The summed E-state index contributed by atoms with van der Waals surface area (Å²) in [6.07, 6.45) is 1.06. The maximum Gasteiger partial charge on any atom is 0.306 e. The zero-order valence-electron chi connectivity index (χ0n) is 14.6. The van der Waals surface area contributed by atoms with E-state index >= 15 is 0 Å². The van der Waals surface area contributed by atoms with Crippen LogP contribution in [0.15, 0.2) is 30.3 Å². The summed E-state index contributed by atoms with van der Waals surface area (Å²) in [6.45, 7) is 3.75. The molecule has 1 heterocycles. The molecule has 0 radical (unpaired) electrons. The molecule has 0 saturated carbocycles. The van der Waals surface area contributed by atoms with Crippen molar-refractivity contribution in [3.63, 3.8) is 0 Å². The maximum atomic E-state index is 12.0. The van der Waals surface area contributed by atoms with E-state index in [0.29, 0.717) is 28.9 Å². The van der Waals surface area contributed by atoms with Crippen molar-refractivity contribution in [1.29, 1.82) is 0 Å². The second-order valence-electron chi connectivity index (χ2n) is 6.19. The molecular weight excluding hydrogens is 342 g/mol. The van der Waals surface area contributed by atoms with Gasteiger partial charge >= 0.3 is 5.97 Å². The van der Waals surface area contributed by atoms with Crippen LogP contribution in [0.1, 0.15) is 26.7 Å². The first-order valence-electron chi connectivity index (χ1n) is 8.10. The van der Waals surface area contributed by atoms with Gasteiger partial charge in [0.15, 0.2) is 6.61 Å². The summed E-state index contributed by atoms with van der Waals surface area (Å²) >= 11 is 5.88. The minimum Gasteiger partial charge on any atom is -0.456 e. The van der Waals surface area contributed by atoms with Crippen molar-refractivity contribution in [2.24, 2.45) is 13.0 Å². The fourth-order valence-corrected chi connectivity index (χ4v) is 2.28. The summed E-state index contributed by atoms with van der Waals surface area (Å²) in [5.74, 6) is 0.176. The predicted octanol–water partition coefficient (Wildman–Crippen LogP) is 3.66. The van der Waals surface area contributed by atoms with Gasteiger partial charge in [-0.05, 0) is 24.5 Å². The summed E-state index contributed by atoms with van der Waals surface area (Å²) in [7, 11) is 1.73. The Morgan fingerprint density at radius 1 is 1.28 bits per heavy atom. The molecule has 1 N–H and O–H groups in total. The average Bonchev–Trinajstić information content (AvgIpc) is 2.92. The second-order valence-corrected chi connectivity index (χ2v) is 6.62. The van der Waals surface area contributed by atoms with Crippen molar-refractivity contribution in [3.05, 3.63) is 35.4 Å². The first-order valence-corrected chi connectivity index (χ1v) is 8.48. The number of halogens is 1. The van der Waals surface area contributed by atoms with Gasteiger partial charge in [0.05, 0.1) is 5.69 Å². The highest BCUT2D eigenvalue weighted by atomic mass is 35.5. The van der Waals surface area contributed by atoms with E-state index in [2.05, 4.69) is 10.4 Å².